The van der Waals surface area contributed by atoms with Crippen LogP contribution in [0.25, 0.3) is 0 Å². The van der Waals surface area contributed by atoms with Gasteiger partial charge in [0.25, 0.3) is 0 Å². The molecule has 1 aromatic rings. The molecule has 0 aromatic heterocycles. The van der Waals surface area contributed by atoms with E-state index in [4.69, 9.17) is 9.47 Å². The monoisotopic (exact) mass is 349 g/mol. The average molecular weight is 349 g/mol. The molecule has 1 fully saturated rings. The first kappa shape index (κ1) is 19.5. The van der Waals surface area contributed by atoms with Gasteiger partial charge in [-0.2, -0.15) is 0 Å². The lowest BCUT2D eigenvalue weighted by Gasteiger charge is -2.32. The number of urea groups is 1. The van der Waals surface area contributed by atoms with Gasteiger partial charge < -0.3 is 24.6 Å². The van der Waals surface area contributed by atoms with Crippen LogP contribution in [0.5, 0.6) is 5.75 Å². The van der Waals surface area contributed by atoms with Gasteiger partial charge in [-0.05, 0) is 50.6 Å². The average Bonchev–Trinajstić information content (AvgIpc) is 2.61. The molecule has 2 amide bonds. The number of likely N-dealkylation sites (N-methyl/N-ethyl adjacent to an activating group) is 1. The molecule has 25 heavy (non-hydrogen) atoms. The minimum atomic E-state index is 0.00669. The van der Waals surface area contributed by atoms with E-state index in [1.165, 1.54) is 0 Å². The van der Waals surface area contributed by atoms with Crippen molar-refractivity contribution in [3.05, 3.63) is 29.8 Å². The van der Waals surface area contributed by atoms with Crippen LogP contribution in [0.1, 0.15) is 24.8 Å². The summed E-state index contributed by atoms with van der Waals surface area (Å²) in [6, 6.07) is 8.10. The van der Waals surface area contributed by atoms with E-state index in [9.17, 15) is 4.79 Å². The molecule has 1 atom stereocenters. The lowest BCUT2D eigenvalue weighted by atomic mass is 10.1. The molecule has 0 saturated carbocycles. The number of nitrogens with one attached hydrogen (secondary N) is 1. The molecule has 2 rings (SSSR count). The fourth-order valence-electron chi connectivity index (χ4n) is 3.15. The Balaban J connectivity index is 1.96. The van der Waals surface area contributed by atoms with Crippen molar-refractivity contribution in [2.24, 2.45) is 0 Å². The number of hydrogen-bond donors (Lipinski definition) is 1. The normalized spacial score (nSPS) is 18.0. The van der Waals surface area contributed by atoms with Crippen LogP contribution >= 0.6 is 0 Å². The number of piperidine rings is 1. The summed E-state index contributed by atoms with van der Waals surface area (Å²) in [6.07, 6.45) is 3.00. The van der Waals surface area contributed by atoms with Gasteiger partial charge in [-0.1, -0.05) is 12.1 Å². The Hall–Kier alpha value is -1.79. The molecule has 1 aliphatic heterocycles. The summed E-state index contributed by atoms with van der Waals surface area (Å²) in [5.41, 5.74) is 1.09. The first-order valence-corrected chi connectivity index (χ1v) is 8.98. The van der Waals surface area contributed by atoms with E-state index in [2.05, 4.69) is 17.3 Å². The first-order valence-electron chi connectivity index (χ1n) is 8.98. The molecule has 6 nitrogen and oxygen atoms in total. The van der Waals surface area contributed by atoms with Gasteiger partial charge in [0.15, 0.2) is 0 Å². The van der Waals surface area contributed by atoms with Gasteiger partial charge >= 0.3 is 6.03 Å². The quantitative estimate of drug-likeness (QED) is 0.732. The zero-order valence-electron chi connectivity index (χ0n) is 15.7. The predicted octanol–water partition coefficient (Wildman–Crippen LogP) is 2.34. The zero-order valence-corrected chi connectivity index (χ0v) is 15.7. The van der Waals surface area contributed by atoms with Gasteiger partial charge in [-0.15, -0.1) is 0 Å². The summed E-state index contributed by atoms with van der Waals surface area (Å²) in [5, 5.41) is 3.20. The Labute approximate surface area is 151 Å². The molecule has 0 bridgehead atoms. The van der Waals surface area contributed by atoms with Crippen molar-refractivity contribution < 1.29 is 14.3 Å². The number of benzene rings is 1. The van der Waals surface area contributed by atoms with Crippen molar-refractivity contribution in [1.82, 2.24) is 15.1 Å². The van der Waals surface area contributed by atoms with E-state index < -0.39 is 0 Å². The third-order valence-electron chi connectivity index (χ3n) is 4.55. The fraction of sp³-hybridized carbons (Fsp3) is 0.632. The summed E-state index contributed by atoms with van der Waals surface area (Å²) >= 11 is 0. The number of carbonyl (C=O) groups is 1. The van der Waals surface area contributed by atoms with Crippen molar-refractivity contribution in [3.8, 4) is 5.75 Å². The molecule has 0 aliphatic carbocycles. The third kappa shape index (κ3) is 6.55. The zero-order chi connectivity index (χ0) is 18.1. The number of nitrogens with zero attached hydrogens (tertiary/aromatic N) is 2. The highest BCUT2D eigenvalue weighted by molar-refractivity contribution is 5.74. The Morgan fingerprint density at radius 1 is 1.32 bits per heavy atom. The highest BCUT2D eigenvalue weighted by Crippen LogP contribution is 2.14. The second-order valence-electron chi connectivity index (χ2n) is 6.67. The topological polar surface area (TPSA) is 54.0 Å². The molecular formula is C19H31N3O3. The van der Waals surface area contributed by atoms with Crippen molar-refractivity contribution in [3.63, 3.8) is 0 Å². The number of likely N-dealkylation sites (tertiary alicyclic amines) is 1. The van der Waals surface area contributed by atoms with Crippen LogP contribution in [0.3, 0.4) is 0 Å². The summed E-state index contributed by atoms with van der Waals surface area (Å²) in [6.45, 7) is 3.94. The summed E-state index contributed by atoms with van der Waals surface area (Å²) in [7, 11) is 5.44. The molecule has 0 radical (unpaired) electrons. The maximum Gasteiger partial charge on any atom is 0.317 e. The molecule has 0 unspecified atom stereocenters. The minimum Gasteiger partial charge on any atom is -0.497 e. The van der Waals surface area contributed by atoms with E-state index in [-0.39, 0.29) is 12.1 Å². The van der Waals surface area contributed by atoms with Gasteiger partial charge in [-0.25, -0.2) is 4.79 Å². The number of carbonyl (C=O) groups excluding carboxylic acids is 1. The molecule has 1 saturated heterocycles. The Kier molecular flexibility index (Phi) is 8.01. The van der Waals surface area contributed by atoms with Crippen LogP contribution in [-0.2, 0) is 11.3 Å². The van der Waals surface area contributed by atoms with E-state index >= 15 is 0 Å². The van der Waals surface area contributed by atoms with E-state index in [1.54, 1.807) is 14.2 Å². The molecule has 1 heterocycles. The van der Waals surface area contributed by atoms with Crippen LogP contribution in [0, 0.1) is 0 Å². The van der Waals surface area contributed by atoms with Gasteiger partial charge in [-0.3, -0.25) is 0 Å². The van der Waals surface area contributed by atoms with E-state index in [0.717, 1.165) is 43.7 Å². The van der Waals surface area contributed by atoms with Crippen LogP contribution in [0.4, 0.5) is 4.79 Å². The summed E-state index contributed by atoms with van der Waals surface area (Å²) < 4.78 is 10.3. The smallest absolute Gasteiger partial charge is 0.317 e. The van der Waals surface area contributed by atoms with Gasteiger partial charge in [0.2, 0.25) is 0 Å². The van der Waals surface area contributed by atoms with Crippen molar-refractivity contribution in [2.75, 3.05) is 47.5 Å². The highest BCUT2D eigenvalue weighted by atomic mass is 16.5. The lowest BCUT2D eigenvalue weighted by molar-refractivity contribution is 0.158. The van der Waals surface area contributed by atoms with Crippen molar-refractivity contribution >= 4 is 6.03 Å². The highest BCUT2D eigenvalue weighted by Gasteiger charge is 2.22. The lowest BCUT2D eigenvalue weighted by Crippen LogP contribution is -2.50. The van der Waals surface area contributed by atoms with E-state index in [0.29, 0.717) is 19.7 Å². The summed E-state index contributed by atoms with van der Waals surface area (Å²) in [5.74, 6) is 0.823. The molecular weight excluding hydrogens is 318 g/mol. The first-order chi connectivity index (χ1) is 12.1. The second-order valence-corrected chi connectivity index (χ2v) is 6.67. The largest absolute Gasteiger partial charge is 0.497 e. The maximum absolute atomic E-state index is 12.8. The standard InChI is InChI=1S/C19H31N3O3/c1-21-11-4-6-17(15-21)20-19(23)22(12-5-13-24-2)14-16-7-9-18(25-3)10-8-16/h7-10,17H,4-6,11-15H2,1-3H3,(H,20,23)/t17-/m1/s1. The molecule has 140 valence electrons. The van der Waals surface area contributed by atoms with Crippen LogP contribution in [0.15, 0.2) is 24.3 Å². The van der Waals surface area contributed by atoms with Crippen molar-refractivity contribution in [1.29, 1.82) is 0 Å². The number of hydrogen-bond acceptors (Lipinski definition) is 4. The number of rotatable bonds is 8. The molecule has 1 aromatic carbocycles. The van der Waals surface area contributed by atoms with Crippen LogP contribution in [-0.4, -0.2) is 69.4 Å². The van der Waals surface area contributed by atoms with Gasteiger partial charge in [0.05, 0.1) is 7.11 Å². The summed E-state index contributed by atoms with van der Waals surface area (Å²) in [4.78, 5) is 16.9. The van der Waals surface area contributed by atoms with Crippen LogP contribution < -0.4 is 10.1 Å². The number of ether oxygens (including phenoxy) is 2. The van der Waals surface area contributed by atoms with Crippen molar-refractivity contribution in [2.45, 2.75) is 31.8 Å². The third-order valence-corrected chi connectivity index (χ3v) is 4.55. The molecule has 0 spiro atoms. The maximum atomic E-state index is 12.8. The Morgan fingerprint density at radius 3 is 2.72 bits per heavy atom. The van der Waals surface area contributed by atoms with Gasteiger partial charge in [0.1, 0.15) is 5.75 Å². The van der Waals surface area contributed by atoms with Gasteiger partial charge in [0, 0.05) is 39.4 Å². The predicted molar refractivity (Wildman–Crippen MR) is 98.9 cm³/mol. The molecule has 1 aliphatic rings. The number of amides is 2. The minimum absolute atomic E-state index is 0.00669. The van der Waals surface area contributed by atoms with E-state index in [1.807, 2.05) is 29.2 Å². The molecule has 1 N–H and O–H groups in total. The number of methoxy groups -OCH3 is 2. The SMILES string of the molecule is COCCCN(Cc1ccc(OC)cc1)C(=O)N[C@@H]1CCCN(C)C1. The Bertz CT molecular complexity index is 521. The second kappa shape index (κ2) is 10.3. The van der Waals surface area contributed by atoms with Crippen LogP contribution in [0.2, 0.25) is 0 Å². The fourth-order valence-corrected chi connectivity index (χ4v) is 3.15. The molecule has 6 heteroatoms. The Morgan fingerprint density at radius 2 is 2.08 bits per heavy atom.